The molecule has 1 N–H and O–H groups in total. The van der Waals surface area contributed by atoms with Crippen molar-refractivity contribution in [2.45, 2.75) is 18.9 Å². The fourth-order valence-corrected chi connectivity index (χ4v) is 2.84. The molecule has 0 fully saturated rings. The van der Waals surface area contributed by atoms with Gasteiger partial charge < -0.3 is 10.1 Å². The first kappa shape index (κ1) is 15.8. The highest BCUT2D eigenvalue weighted by atomic mass is 35.5. The number of hydrogen-bond donors (Lipinski definition) is 1. The van der Waals surface area contributed by atoms with Crippen LogP contribution in [0.3, 0.4) is 0 Å². The van der Waals surface area contributed by atoms with Gasteiger partial charge in [-0.1, -0.05) is 41.4 Å². The van der Waals surface area contributed by atoms with Crippen LogP contribution in [-0.4, -0.2) is 17.5 Å². The summed E-state index contributed by atoms with van der Waals surface area (Å²) < 4.78 is 5.38. The van der Waals surface area contributed by atoms with E-state index >= 15 is 0 Å². The minimum atomic E-state index is -1.31. The number of carbonyl (C=O) groups is 2. The van der Waals surface area contributed by atoms with Crippen molar-refractivity contribution in [1.82, 2.24) is 0 Å². The summed E-state index contributed by atoms with van der Waals surface area (Å²) in [6, 6.07) is 11.8. The van der Waals surface area contributed by atoms with Crippen LogP contribution in [-0.2, 0) is 16.0 Å². The molecule has 0 radical (unpaired) electrons. The lowest BCUT2D eigenvalue weighted by molar-refractivity contribution is -0.134. The van der Waals surface area contributed by atoms with E-state index in [0.29, 0.717) is 27.7 Å². The number of cyclic esters (lactones) is 1. The standard InChI is InChI=1S/C17H13Cl2NO3/c1-17(9-10-4-2-3-5-12(10)15(21)23-17)16(22)20-14-8-11(18)6-7-13(14)19/h2-8H,9H2,1H3,(H,20,22)/t17-/m0/s1. The zero-order valence-electron chi connectivity index (χ0n) is 12.2. The molecule has 4 nitrogen and oxygen atoms in total. The molecule has 2 aromatic rings. The molecule has 1 aliphatic heterocycles. The summed E-state index contributed by atoms with van der Waals surface area (Å²) in [5.74, 6) is -0.966. The van der Waals surface area contributed by atoms with E-state index < -0.39 is 17.5 Å². The van der Waals surface area contributed by atoms with Crippen molar-refractivity contribution in [3.63, 3.8) is 0 Å². The molecule has 1 amide bonds. The van der Waals surface area contributed by atoms with Crippen molar-refractivity contribution in [2.75, 3.05) is 5.32 Å². The minimum absolute atomic E-state index is 0.291. The predicted molar refractivity (Wildman–Crippen MR) is 89.1 cm³/mol. The number of rotatable bonds is 2. The molecule has 0 saturated heterocycles. The number of ether oxygens (including phenoxy) is 1. The van der Waals surface area contributed by atoms with Crippen LogP contribution in [0.25, 0.3) is 0 Å². The second-order valence-corrected chi connectivity index (χ2v) is 6.38. The number of anilines is 1. The lowest BCUT2D eigenvalue weighted by atomic mass is 9.89. The summed E-state index contributed by atoms with van der Waals surface area (Å²) in [6.45, 7) is 1.58. The third kappa shape index (κ3) is 3.05. The molecular formula is C17H13Cl2NO3. The maximum Gasteiger partial charge on any atom is 0.339 e. The Hall–Kier alpha value is -2.04. The highest BCUT2D eigenvalue weighted by molar-refractivity contribution is 6.35. The first-order valence-corrected chi connectivity index (χ1v) is 7.72. The van der Waals surface area contributed by atoms with Crippen LogP contribution in [0.15, 0.2) is 42.5 Å². The SMILES string of the molecule is C[C@@]1(C(=O)Nc2cc(Cl)ccc2Cl)Cc2ccccc2C(=O)O1. The fourth-order valence-electron chi connectivity index (χ4n) is 2.51. The summed E-state index contributed by atoms with van der Waals surface area (Å²) in [5.41, 5.74) is 0.328. The van der Waals surface area contributed by atoms with E-state index in [4.69, 9.17) is 27.9 Å². The molecule has 23 heavy (non-hydrogen) atoms. The van der Waals surface area contributed by atoms with Crippen molar-refractivity contribution < 1.29 is 14.3 Å². The Morgan fingerprint density at radius 2 is 1.96 bits per heavy atom. The zero-order chi connectivity index (χ0) is 16.6. The molecule has 1 aliphatic rings. The lowest BCUT2D eigenvalue weighted by Crippen LogP contribution is -2.48. The minimum Gasteiger partial charge on any atom is -0.445 e. The van der Waals surface area contributed by atoms with Gasteiger partial charge in [0, 0.05) is 11.4 Å². The van der Waals surface area contributed by atoms with Gasteiger partial charge in [0.1, 0.15) is 0 Å². The summed E-state index contributed by atoms with van der Waals surface area (Å²) in [7, 11) is 0. The van der Waals surface area contributed by atoms with Crippen molar-refractivity contribution in [1.29, 1.82) is 0 Å². The van der Waals surface area contributed by atoms with Crippen molar-refractivity contribution in [3.05, 3.63) is 63.6 Å². The molecule has 118 valence electrons. The average Bonchev–Trinajstić information content (AvgIpc) is 2.51. The van der Waals surface area contributed by atoms with Crippen LogP contribution in [0.4, 0.5) is 5.69 Å². The van der Waals surface area contributed by atoms with Crippen molar-refractivity contribution >= 4 is 40.8 Å². The van der Waals surface area contributed by atoms with Gasteiger partial charge in [0.25, 0.3) is 5.91 Å². The topological polar surface area (TPSA) is 55.4 Å². The van der Waals surface area contributed by atoms with Crippen LogP contribution >= 0.6 is 23.2 Å². The van der Waals surface area contributed by atoms with Crippen LogP contribution in [0.1, 0.15) is 22.8 Å². The van der Waals surface area contributed by atoms with Crippen LogP contribution in [0.2, 0.25) is 10.0 Å². The normalized spacial score (nSPS) is 19.7. The van der Waals surface area contributed by atoms with Gasteiger partial charge in [-0.05, 0) is 36.8 Å². The Bertz CT molecular complexity index is 806. The Morgan fingerprint density at radius 3 is 2.74 bits per heavy atom. The van der Waals surface area contributed by atoms with E-state index in [1.807, 2.05) is 12.1 Å². The molecule has 0 unspecified atom stereocenters. The van der Waals surface area contributed by atoms with Crippen LogP contribution < -0.4 is 5.32 Å². The molecule has 1 heterocycles. The first-order valence-electron chi connectivity index (χ1n) is 6.97. The van der Waals surface area contributed by atoms with E-state index in [1.165, 1.54) is 0 Å². The second kappa shape index (κ2) is 5.87. The number of carbonyl (C=O) groups excluding carboxylic acids is 2. The van der Waals surface area contributed by atoms with Gasteiger partial charge in [-0.3, -0.25) is 4.79 Å². The van der Waals surface area contributed by atoms with Crippen molar-refractivity contribution in [3.8, 4) is 0 Å². The highest BCUT2D eigenvalue weighted by Crippen LogP contribution is 2.31. The second-order valence-electron chi connectivity index (χ2n) is 5.53. The molecule has 0 saturated carbocycles. The maximum absolute atomic E-state index is 12.6. The Morgan fingerprint density at radius 1 is 1.22 bits per heavy atom. The third-order valence-corrected chi connectivity index (χ3v) is 4.30. The number of fused-ring (bicyclic) bond motifs is 1. The molecular weight excluding hydrogens is 337 g/mol. The van der Waals surface area contributed by atoms with Crippen LogP contribution in [0.5, 0.6) is 0 Å². The molecule has 6 heteroatoms. The molecule has 0 aliphatic carbocycles. The molecule has 3 rings (SSSR count). The van der Waals surface area contributed by atoms with Crippen molar-refractivity contribution in [2.24, 2.45) is 0 Å². The molecule has 0 bridgehead atoms. The van der Waals surface area contributed by atoms with E-state index in [1.54, 1.807) is 37.3 Å². The Balaban J connectivity index is 1.88. The zero-order valence-corrected chi connectivity index (χ0v) is 13.7. The van der Waals surface area contributed by atoms with Gasteiger partial charge in [-0.25, -0.2) is 4.79 Å². The Kier molecular flexibility index (Phi) is 4.04. The highest BCUT2D eigenvalue weighted by Gasteiger charge is 2.42. The Labute approximate surface area is 143 Å². The quantitative estimate of drug-likeness (QED) is 0.830. The van der Waals surface area contributed by atoms with E-state index in [-0.39, 0.29) is 0 Å². The number of nitrogens with one attached hydrogen (secondary N) is 1. The van der Waals surface area contributed by atoms with E-state index in [2.05, 4.69) is 5.32 Å². The first-order chi connectivity index (χ1) is 10.9. The van der Waals surface area contributed by atoms with Gasteiger partial charge in [0.2, 0.25) is 0 Å². The monoisotopic (exact) mass is 349 g/mol. The molecule has 0 aromatic heterocycles. The smallest absolute Gasteiger partial charge is 0.339 e. The third-order valence-electron chi connectivity index (χ3n) is 3.74. The van der Waals surface area contributed by atoms with Gasteiger partial charge in [-0.2, -0.15) is 0 Å². The molecule has 0 spiro atoms. The summed E-state index contributed by atoms with van der Waals surface area (Å²) >= 11 is 12.0. The lowest BCUT2D eigenvalue weighted by Gasteiger charge is -2.33. The molecule has 1 atom stereocenters. The number of esters is 1. The summed E-state index contributed by atoms with van der Waals surface area (Å²) in [6.07, 6.45) is 0.291. The van der Waals surface area contributed by atoms with Gasteiger partial charge in [-0.15, -0.1) is 0 Å². The maximum atomic E-state index is 12.6. The van der Waals surface area contributed by atoms with E-state index in [9.17, 15) is 9.59 Å². The largest absolute Gasteiger partial charge is 0.445 e. The van der Waals surface area contributed by atoms with Crippen LogP contribution in [0, 0.1) is 0 Å². The summed E-state index contributed by atoms with van der Waals surface area (Å²) in [4.78, 5) is 24.7. The number of halogens is 2. The number of benzene rings is 2. The predicted octanol–water partition coefficient (Wildman–Crippen LogP) is 4.10. The van der Waals surface area contributed by atoms with Gasteiger partial charge in [0.15, 0.2) is 5.60 Å². The number of amides is 1. The van der Waals surface area contributed by atoms with Gasteiger partial charge >= 0.3 is 5.97 Å². The van der Waals surface area contributed by atoms with Gasteiger partial charge in [0.05, 0.1) is 16.3 Å². The summed E-state index contributed by atoms with van der Waals surface area (Å²) in [5, 5.41) is 3.48. The average molecular weight is 350 g/mol. The fraction of sp³-hybridized carbons (Fsp3) is 0.176. The number of hydrogen-bond acceptors (Lipinski definition) is 3. The van der Waals surface area contributed by atoms with E-state index in [0.717, 1.165) is 5.56 Å². The molecule has 2 aromatic carbocycles.